The van der Waals surface area contributed by atoms with Crippen LogP contribution in [0, 0.1) is 0 Å². The van der Waals surface area contributed by atoms with Crippen LogP contribution in [-0.4, -0.2) is 37.1 Å². The van der Waals surface area contributed by atoms with Crippen LogP contribution < -0.4 is 20.1 Å². The van der Waals surface area contributed by atoms with Gasteiger partial charge in [0.15, 0.2) is 0 Å². The molecule has 0 radical (unpaired) electrons. The molecule has 1 saturated carbocycles. The fourth-order valence-corrected chi connectivity index (χ4v) is 2.73. The lowest BCUT2D eigenvalue weighted by Gasteiger charge is -2.10. The van der Waals surface area contributed by atoms with Gasteiger partial charge in [0.2, 0.25) is 5.88 Å². The van der Waals surface area contributed by atoms with Crippen LogP contribution >= 0.6 is 0 Å². The number of nitrogens with one attached hydrogen (secondary N) is 2. The second-order valence-electron chi connectivity index (χ2n) is 5.68. The summed E-state index contributed by atoms with van der Waals surface area (Å²) in [7, 11) is 3.06. The van der Waals surface area contributed by atoms with Crippen molar-refractivity contribution in [1.29, 1.82) is 0 Å². The van der Waals surface area contributed by atoms with Gasteiger partial charge in [0, 0.05) is 18.2 Å². The molecule has 0 bridgehead atoms. The van der Waals surface area contributed by atoms with Crippen LogP contribution in [0.15, 0.2) is 42.6 Å². The number of hydrogen-bond donors (Lipinski definition) is 2. The smallest absolute Gasteiger partial charge is 0.313 e. The van der Waals surface area contributed by atoms with Crippen molar-refractivity contribution < 1.29 is 19.1 Å². The van der Waals surface area contributed by atoms with Gasteiger partial charge in [-0.15, -0.1) is 0 Å². The highest BCUT2D eigenvalue weighted by molar-refractivity contribution is 6.39. The number of rotatable bonds is 5. The maximum atomic E-state index is 12.1. The minimum Gasteiger partial charge on any atom is -0.496 e. The van der Waals surface area contributed by atoms with Crippen LogP contribution in [0.5, 0.6) is 11.6 Å². The van der Waals surface area contributed by atoms with Crippen molar-refractivity contribution >= 4 is 17.5 Å². The van der Waals surface area contributed by atoms with Crippen molar-refractivity contribution in [3.05, 3.63) is 48.2 Å². The van der Waals surface area contributed by atoms with Crippen molar-refractivity contribution in [2.75, 3.05) is 19.5 Å². The minimum absolute atomic E-state index is 0.0784. The van der Waals surface area contributed by atoms with Crippen molar-refractivity contribution in [3.63, 3.8) is 0 Å². The molecule has 1 aromatic heterocycles. The van der Waals surface area contributed by atoms with E-state index in [1.807, 2.05) is 24.3 Å². The van der Waals surface area contributed by atoms with Crippen molar-refractivity contribution in [2.24, 2.45) is 0 Å². The van der Waals surface area contributed by atoms with Crippen LogP contribution in [-0.2, 0) is 9.59 Å². The van der Waals surface area contributed by atoms with Crippen LogP contribution in [0.4, 0.5) is 5.69 Å². The number of methoxy groups -OCH3 is 2. The fourth-order valence-electron chi connectivity index (χ4n) is 2.73. The Morgan fingerprint density at radius 2 is 1.88 bits per heavy atom. The summed E-state index contributed by atoms with van der Waals surface area (Å²) in [6.45, 7) is 0. The molecule has 7 heteroatoms. The Bertz CT molecular complexity index is 793. The molecular formula is C18H19N3O4. The first-order chi connectivity index (χ1) is 12.1. The zero-order valence-electron chi connectivity index (χ0n) is 14.0. The molecule has 2 N–H and O–H groups in total. The Morgan fingerprint density at radius 1 is 1.08 bits per heavy atom. The van der Waals surface area contributed by atoms with Gasteiger partial charge in [-0.1, -0.05) is 18.2 Å². The summed E-state index contributed by atoms with van der Waals surface area (Å²) in [6.07, 6.45) is 2.31. The molecule has 2 atom stereocenters. The van der Waals surface area contributed by atoms with Gasteiger partial charge >= 0.3 is 11.8 Å². The lowest BCUT2D eigenvalue weighted by Crippen LogP contribution is -2.37. The Labute approximate surface area is 145 Å². The van der Waals surface area contributed by atoms with Crippen LogP contribution in [0.25, 0.3) is 0 Å². The van der Waals surface area contributed by atoms with E-state index in [0.717, 1.165) is 17.7 Å². The number of para-hydroxylation sites is 1. The van der Waals surface area contributed by atoms with E-state index < -0.39 is 11.8 Å². The molecule has 2 amide bonds. The molecule has 1 fully saturated rings. The lowest BCUT2D eigenvalue weighted by atomic mass is 10.1. The maximum Gasteiger partial charge on any atom is 0.313 e. The number of ether oxygens (including phenoxy) is 2. The lowest BCUT2D eigenvalue weighted by molar-refractivity contribution is -0.136. The number of amides is 2. The second kappa shape index (κ2) is 7.21. The highest BCUT2D eigenvalue weighted by atomic mass is 16.5. The van der Waals surface area contributed by atoms with Gasteiger partial charge in [0.05, 0.1) is 14.2 Å². The van der Waals surface area contributed by atoms with Crippen molar-refractivity contribution in [3.8, 4) is 11.6 Å². The van der Waals surface area contributed by atoms with Crippen molar-refractivity contribution in [1.82, 2.24) is 10.3 Å². The third-order valence-electron chi connectivity index (χ3n) is 4.06. The maximum absolute atomic E-state index is 12.1. The number of hydrogen-bond acceptors (Lipinski definition) is 5. The summed E-state index contributed by atoms with van der Waals surface area (Å²) in [5.41, 5.74) is 1.38. The standard InChI is InChI=1S/C18H19N3O4/c1-24-15-8-4-3-6-11(15)12-10-14(12)21-17(23)16(22)20-13-7-5-9-19-18(13)25-2/h3-9,12,14H,10H2,1-2H3,(H,20,22)(H,21,23). The third kappa shape index (κ3) is 3.71. The molecule has 0 saturated heterocycles. The summed E-state index contributed by atoms with van der Waals surface area (Å²) in [5, 5.41) is 5.25. The number of benzene rings is 1. The van der Waals surface area contributed by atoms with Crippen molar-refractivity contribution in [2.45, 2.75) is 18.4 Å². The molecule has 1 aliphatic carbocycles. The summed E-state index contributed by atoms with van der Waals surface area (Å²) in [6, 6.07) is 10.9. The summed E-state index contributed by atoms with van der Waals surface area (Å²) >= 11 is 0. The molecule has 7 nitrogen and oxygen atoms in total. The van der Waals surface area contributed by atoms with Gasteiger partial charge in [-0.25, -0.2) is 4.98 Å². The zero-order chi connectivity index (χ0) is 17.8. The van der Waals surface area contributed by atoms with Crippen LogP contribution in [0.3, 0.4) is 0 Å². The number of nitrogens with zero attached hydrogens (tertiary/aromatic N) is 1. The first kappa shape index (κ1) is 16.8. The molecule has 1 aliphatic rings. The zero-order valence-corrected chi connectivity index (χ0v) is 14.0. The number of aromatic nitrogens is 1. The highest BCUT2D eigenvalue weighted by Gasteiger charge is 2.42. The average Bonchev–Trinajstić information content (AvgIpc) is 3.40. The Morgan fingerprint density at radius 3 is 2.64 bits per heavy atom. The highest BCUT2D eigenvalue weighted by Crippen LogP contribution is 2.44. The first-order valence-corrected chi connectivity index (χ1v) is 7.87. The number of carbonyl (C=O) groups excluding carboxylic acids is 2. The molecule has 2 aromatic rings. The molecule has 0 aliphatic heterocycles. The minimum atomic E-state index is -0.753. The van der Waals surface area contributed by atoms with Crippen LogP contribution in [0.2, 0.25) is 0 Å². The SMILES string of the molecule is COc1ccccc1C1CC1NC(=O)C(=O)Nc1cccnc1OC. The molecule has 1 aromatic carbocycles. The topological polar surface area (TPSA) is 89.5 Å². The van der Waals surface area contributed by atoms with Gasteiger partial charge in [0.25, 0.3) is 0 Å². The quantitative estimate of drug-likeness (QED) is 0.808. The number of pyridine rings is 1. The molecule has 3 rings (SSSR count). The predicted molar refractivity (Wildman–Crippen MR) is 91.7 cm³/mol. The first-order valence-electron chi connectivity index (χ1n) is 7.87. The Hall–Kier alpha value is -3.09. The molecule has 1 heterocycles. The largest absolute Gasteiger partial charge is 0.496 e. The van der Waals surface area contributed by atoms with E-state index in [9.17, 15) is 9.59 Å². The van der Waals surface area contributed by atoms with E-state index in [4.69, 9.17) is 9.47 Å². The monoisotopic (exact) mass is 341 g/mol. The third-order valence-corrected chi connectivity index (χ3v) is 4.06. The molecule has 2 unspecified atom stereocenters. The number of anilines is 1. The van der Waals surface area contributed by atoms with E-state index in [1.54, 1.807) is 19.2 Å². The van der Waals surface area contributed by atoms with Gasteiger partial charge < -0.3 is 20.1 Å². The van der Waals surface area contributed by atoms with Gasteiger partial charge in [0.1, 0.15) is 11.4 Å². The fraction of sp³-hybridized carbons (Fsp3) is 0.278. The van der Waals surface area contributed by atoms with Gasteiger partial charge in [-0.3, -0.25) is 9.59 Å². The predicted octanol–water partition coefficient (Wildman–Crippen LogP) is 1.71. The van der Waals surface area contributed by atoms with E-state index >= 15 is 0 Å². The molecule has 25 heavy (non-hydrogen) atoms. The summed E-state index contributed by atoms with van der Waals surface area (Å²) < 4.78 is 10.4. The second-order valence-corrected chi connectivity index (χ2v) is 5.68. The van der Waals surface area contributed by atoms with Gasteiger partial charge in [-0.05, 0) is 30.2 Å². The molecular weight excluding hydrogens is 322 g/mol. The normalized spacial score (nSPS) is 18.2. The summed E-state index contributed by atoms with van der Waals surface area (Å²) in [4.78, 5) is 28.2. The van der Waals surface area contributed by atoms with E-state index in [1.165, 1.54) is 13.3 Å². The molecule has 130 valence electrons. The van der Waals surface area contributed by atoms with Crippen LogP contribution in [0.1, 0.15) is 17.9 Å². The Balaban J connectivity index is 1.59. The van der Waals surface area contributed by atoms with E-state index in [0.29, 0.717) is 5.69 Å². The number of carbonyl (C=O) groups is 2. The molecule has 0 spiro atoms. The van der Waals surface area contributed by atoms with E-state index in [-0.39, 0.29) is 17.8 Å². The van der Waals surface area contributed by atoms with Gasteiger partial charge in [-0.2, -0.15) is 0 Å². The van der Waals surface area contributed by atoms with E-state index in [2.05, 4.69) is 15.6 Å². The average molecular weight is 341 g/mol. The Kier molecular flexibility index (Phi) is 4.83. The summed E-state index contributed by atoms with van der Waals surface area (Å²) in [5.74, 6) is -0.248.